The van der Waals surface area contributed by atoms with E-state index < -0.39 is 5.97 Å². The van der Waals surface area contributed by atoms with E-state index in [-0.39, 0.29) is 18.4 Å². The Bertz CT molecular complexity index is 1090. The number of nitrogens with zero attached hydrogens (tertiary/aromatic N) is 2. The van der Waals surface area contributed by atoms with Crippen molar-refractivity contribution >= 4 is 40.4 Å². The van der Waals surface area contributed by atoms with Crippen molar-refractivity contribution in [3.8, 4) is 0 Å². The van der Waals surface area contributed by atoms with Crippen LogP contribution in [0.15, 0.2) is 48.2 Å². The molecule has 2 amide bonds. The van der Waals surface area contributed by atoms with E-state index in [9.17, 15) is 14.4 Å². The number of esters is 1. The van der Waals surface area contributed by atoms with Crippen LogP contribution in [-0.2, 0) is 14.3 Å². The van der Waals surface area contributed by atoms with Crippen molar-refractivity contribution < 1.29 is 19.1 Å². The molecule has 0 atom stereocenters. The first-order valence-corrected chi connectivity index (χ1v) is 10.9. The average Bonchev–Trinajstić information content (AvgIpc) is 3.11. The van der Waals surface area contributed by atoms with E-state index in [2.05, 4.69) is 10.6 Å². The van der Waals surface area contributed by atoms with Crippen LogP contribution < -0.4 is 15.5 Å². The predicted octanol–water partition coefficient (Wildman–Crippen LogP) is 3.57. The fourth-order valence-corrected chi connectivity index (χ4v) is 3.60. The number of carbonyl (C=O) groups excluding carboxylic acids is 3. The van der Waals surface area contributed by atoms with Crippen molar-refractivity contribution in [3.05, 3.63) is 59.3 Å². The number of nitrogens with one attached hydrogen (secondary N) is 2. The summed E-state index contributed by atoms with van der Waals surface area (Å²) in [6.07, 6.45) is 0.602. The molecule has 2 aromatic carbocycles. The van der Waals surface area contributed by atoms with Crippen LogP contribution in [0.4, 0.5) is 17.1 Å². The zero-order chi connectivity index (χ0) is 24.1. The number of amides is 2. The van der Waals surface area contributed by atoms with Crippen LogP contribution in [0.2, 0.25) is 0 Å². The van der Waals surface area contributed by atoms with Gasteiger partial charge in [0.25, 0.3) is 5.91 Å². The number of rotatable bonds is 8. The van der Waals surface area contributed by atoms with E-state index in [4.69, 9.17) is 4.74 Å². The van der Waals surface area contributed by atoms with Crippen LogP contribution in [0.1, 0.15) is 36.2 Å². The number of hydrogen-bond donors (Lipinski definition) is 2. The van der Waals surface area contributed by atoms with Crippen molar-refractivity contribution in [2.75, 3.05) is 49.8 Å². The third-order valence-electron chi connectivity index (χ3n) is 5.31. The molecular weight excluding hydrogens is 420 g/mol. The minimum atomic E-state index is -0.421. The van der Waals surface area contributed by atoms with Gasteiger partial charge >= 0.3 is 5.97 Å². The number of anilines is 3. The van der Waals surface area contributed by atoms with E-state index in [0.29, 0.717) is 29.8 Å². The molecule has 0 spiro atoms. The molecule has 2 aromatic rings. The lowest BCUT2D eigenvalue weighted by Crippen LogP contribution is -2.34. The first kappa shape index (κ1) is 24.0. The number of likely N-dealkylation sites (N-methyl/N-ethyl adjacent to an activating group) is 2. The second kappa shape index (κ2) is 10.3. The molecule has 1 aliphatic heterocycles. The maximum atomic E-state index is 12.8. The molecule has 0 aliphatic carbocycles. The Hall–Kier alpha value is -3.65. The smallest absolute Gasteiger partial charge is 0.338 e. The summed E-state index contributed by atoms with van der Waals surface area (Å²) >= 11 is 0. The Labute approximate surface area is 194 Å². The van der Waals surface area contributed by atoms with Gasteiger partial charge in [-0.15, -0.1) is 0 Å². The van der Waals surface area contributed by atoms with Gasteiger partial charge in [-0.1, -0.05) is 13.0 Å². The molecular formula is C25H30N4O4. The third-order valence-corrected chi connectivity index (χ3v) is 5.31. The lowest BCUT2D eigenvalue weighted by atomic mass is 10.0. The van der Waals surface area contributed by atoms with Crippen LogP contribution >= 0.6 is 0 Å². The highest BCUT2D eigenvalue weighted by atomic mass is 16.5. The van der Waals surface area contributed by atoms with Gasteiger partial charge in [0.05, 0.1) is 30.0 Å². The highest BCUT2D eigenvalue weighted by molar-refractivity contribution is 6.32. The maximum absolute atomic E-state index is 12.8. The number of fused-ring (bicyclic) bond motifs is 1. The lowest BCUT2D eigenvalue weighted by Gasteiger charge is -2.20. The standard InChI is InChI=1S/C25H30N4O4/c1-6-20(26-17-9-11-18(12-10-17)29(5)22(30)15-28(3)4)23-19-13-8-16(25(32)33-7-2)14-21(19)27-24(23)31/h8-14,26H,6-7,15H2,1-5H3,(H,27,31). The van der Waals surface area contributed by atoms with Crippen molar-refractivity contribution in [1.29, 1.82) is 0 Å². The molecule has 174 valence electrons. The zero-order valence-electron chi connectivity index (χ0n) is 19.7. The first-order chi connectivity index (χ1) is 15.7. The van der Waals surface area contributed by atoms with Gasteiger partial charge in [0, 0.05) is 29.7 Å². The maximum Gasteiger partial charge on any atom is 0.338 e. The van der Waals surface area contributed by atoms with Crippen LogP contribution in [0, 0.1) is 0 Å². The Morgan fingerprint density at radius 1 is 1.03 bits per heavy atom. The summed E-state index contributed by atoms with van der Waals surface area (Å²) in [5.74, 6) is -0.644. The Morgan fingerprint density at radius 3 is 2.33 bits per heavy atom. The van der Waals surface area contributed by atoms with Gasteiger partial charge in [0.15, 0.2) is 0 Å². The molecule has 0 fully saturated rings. The minimum absolute atomic E-state index is 0.00139. The van der Waals surface area contributed by atoms with Crippen molar-refractivity contribution in [1.82, 2.24) is 4.90 Å². The largest absolute Gasteiger partial charge is 0.462 e. The summed E-state index contributed by atoms with van der Waals surface area (Å²) in [6.45, 7) is 4.33. The molecule has 8 nitrogen and oxygen atoms in total. The molecule has 33 heavy (non-hydrogen) atoms. The number of carbonyl (C=O) groups is 3. The molecule has 0 saturated carbocycles. The second-order valence-electron chi connectivity index (χ2n) is 8.00. The van der Waals surface area contributed by atoms with Crippen LogP contribution in [-0.4, -0.2) is 57.0 Å². The molecule has 0 radical (unpaired) electrons. The molecule has 0 aromatic heterocycles. The molecule has 3 rings (SSSR count). The van der Waals surface area contributed by atoms with E-state index >= 15 is 0 Å². The van der Waals surface area contributed by atoms with Crippen molar-refractivity contribution in [3.63, 3.8) is 0 Å². The Morgan fingerprint density at radius 2 is 1.73 bits per heavy atom. The average molecular weight is 451 g/mol. The SMILES string of the molecule is CCOC(=O)c1ccc2c(c1)NC(=O)C2=C(CC)Nc1ccc(N(C)C(=O)CN(C)C)cc1. The van der Waals surface area contributed by atoms with Gasteiger partial charge in [0.1, 0.15) is 0 Å². The summed E-state index contributed by atoms with van der Waals surface area (Å²) in [7, 11) is 5.46. The lowest BCUT2D eigenvalue weighted by molar-refractivity contribution is -0.119. The Kier molecular flexibility index (Phi) is 7.50. The summed E-state index contributed by atoms with van der Waals surface area (Å²) in [5, 5.41) is 6.19. The van der Waals surface area contributed by atoms with E-state index in [1.807, 2.05) is 50.2 Å². The number of allylic oxidation sites excluding steroid dienone is 1. The van der Waals surface area contributed by atoms with Gasteiger partial charge in [0.2, 0.25) is 5.91 Å². The molecule has 8 heteroatoms. The normalized spacial score (nSPS) is 13.9. The zero-order valence-corrected chi connectivity index (χ0v) is 19.7. The van der Waals surface area contributed by atoms with Crippen molar-refractivity contribution in [2.45, 2.75) is 20.3 Å². The topological polar surface area (TPSA) is 91.0 Å². The molecule has 1 heterocycles. The quantitative estimate of drug-likeness (QED) is 0.472. The molecule has 0 unspecified atom stereocenters. The summed E-state index contributed by atoms with van der Waals surface area (Å²) in [5.41, 5.74) is 4.62. The monoisotopic (exact) mass is 450 g/mol. The van der Waals surface area contributed by atoms with Crippen LogP contribution in [0.3, 0.4) is 0 Å². The van der Waals surface area contributed by atoms with Crippen LogP contribution in [0.25, 0.3) is 5.57 Å². The summed E-state index contributed by atoms with van der Waals surface area (Å²) < 4.78 is 5.05. The first-order valence-electron chi connectivity index (χ1n) is 10.9. The molecule has 2 N–H and O–H groups in total. The number of benzene rings is 2. The highest BCUT2D eigenvalue weighted by Gasteiger charge is 2.28. The number of ether oxygens (including phenoxy) is 1. The molecule has 0 bridgehead atoms. The highest BCUT2D eigenvalue weighted by Crippen LogP contribution is 2.36. The minimum Gasteiger partial charge on any atom is -0.462 e. The number of hydrogen-bond acceptors (Lipinski definition) is 6. The predicted molar refractivity (Wildman–Crippen MR) is 130 cm³/mol. The van der Waals surface area contributed by atoms with Crippen molar-refractivity contribution in [2.24, 2.45) is 0 Å². The van der Waals surface area contributed by atoms with E-state index in [1.165, 1.54) is 0 Å². The Balaban J connectivity index is 1.84. The third kappa shape index (κ3) is 5.40. The summed E-state index contributed by atoms with van der Waals surface area (Å²) in [4.78, 5) is 40.5. The van der Waals surface area contributed by atoms with Gasteiger partial charge in [-0.05, 0) is 63.8 Å². The van der Waals surface area contributed by atoms with Gasteiger partial charge < -0.3 is 25.2 Å². The van der Waals surface area contributed by atoms with Gasteiger partial charge in [-0.25, -0.2) is 4.79 Å². The molecule has 1 aliphatic rings. The van der Waals surface area contributed by atoms with Gasteiger partial charge in [-0.2, -0.15) is 0 Å². The fourth-order valence-electron chi connectivity index (χ4n) is 3.60. The van der Waals surface area contributed by atoms with E-state index in [1.54, 1.807) is 37.1 Å². The van der Waals surface area contributed by atoms with Gasteiger partial charge in [-0.3, -0.25) is 9.59 Å². The van der Waals surface area contributed by atoms with Crippen LogP contribution in [0.5, 0.6) is 0 Å². The van der Waals surface area contributed by atoms with E-state index in [0.717, 1.165) is 22.6 Å². The molecule has 0 saturated heterocycles. The summed E-state index contributed by atoms with van der Waals surface area (Å²) in [6, 6.07) is 12.6. The second-order valence-corrected chi connectivity index (χ2v) is 8.00. The fraction of sp³-hybridized carbons (Fsp3) is 0.320.